The second-order valence-corrected chi connectivity index (χ2v) is 7.67. The molecule has 1 fully saturated rings. The number of aromatic nitrogens is 3. The highest BCUT2D eigenvalue weighted by Crippen LogP contribution is 2.27. The number of rotatable bonds is 2. The Bertz CT molecular complexity index is 723. The lowest BCUT2D eigenvalue weighted by atomic mass is 9.94. The van der Waals surface area contributed by atoms with Crippen LogP contribution in [-0.2, 0) is 4.74 Å². The van der Waals surface area contributed by atoms with Crippen molar-refractivity contribution >= 4 is 6.09 Å². The van der Waals surface area contributed by atoms with Gasteiger partial charge < -0.3 is 9.64 Å². The molecule has 1 aromatic heterocycles. The van der Waals surface area contributed by atoms with E-state index in [0.29, 0.717) is 19.0 Å². The summed E-state index contributed by atoms with van der Waals surface area (Å²) in [5, 5.41) is 8.60. The maximum absolute atomic E-state index is 12.1. The predicted molar refractivity (Wildman–Crippen MR) is 95.9 cm³/mol. The predicted octanol–water partition coefficient (Wildman–Crippen LogP) is 3.69. The van der Waals surface area contributed by atoms with Crippen molar-refractivity contribution in [2.24, 2.45) is 0 Å². The van der Waals surface area contributed by atoms with Gasteiger partial charge in [-0.1, -0.05) is 22.9 Å². The fraction of sp³-hybridized carbons (Fsp3) is 0.526. The molecular weight excluding hydrogens is 316 g/mol. The number of ether oxygens (including phenoxy) is 1. The second-order valence-electron chi connectivity index (χ2n) is 7.67. The summed E-state index contributed by atoms with van der Waals surface area (Å²) in [5.74, 6) is 0.331. The first-order valence-corrected chi connectivity index (χ1v) is 8.79. The van der Waals surface area contributed by atoms with Crippen LogP contribution in [0.4, 0.5) is 4.79 Å². The summed E-state index contributed by atoms with van der Waals surface area (Å²) in [6.45, 7) is 9.12. The Morgan fingerprint density at radius 2 is 1.80 bits per heavy atom. The van der Waals surface area contributed by atoms with Gasteiger partial charge in [0.15, 0.2) is 0 Å². The minimum absolute atomic E-state index is 0.228. The first-order chi connectivity index (χ1) is 11.8. The Morgan fingerprint density at radius 1 is 1.16 bits per heavy atom. The zero-order valence-electron chi connectivity index (χ0n) is 15.4. The largest absolute Gasteiger partial charge is 0.444 e. The van der Waals surface area contributed by atoms with Gasteiger partial charge >= 0.3 is 6.09 Å². The third kappa shape index (κ3) is 4.38. The molecule has 0 radical (unpaired) electrons. The van der Waals surface area contributed by atoms with Crippen molar-refractivity contribution in [1.82, 2.24) is 19.9 Å². The van der Waals surface area contributed by atoms with E-state index in [4.69, 9.17) is 4.74 Å². The van der Waals surface area contributed by atoms with Crippen molar-refractivity contribution in [3.63, 3.8) is 0 Å². The fourth-order valence-corrected chi connectivity index (χ4v) is 2.97. The van der Waals surface area contributed by atoms with Crippen molar-refractivity contribution in [3.05, 3.63) is 41.7 Å². The maximum atomic E-state index is 12.1. The molecule has 2 heterocycles. The molecule has 0 unspecified atom stereocenters. The lowest BCUT2D eigenvalue weighted by molar-refractivity contribution is 0.0204. The van der Waals surface area contributed by atoms with E-state index in [1.165, 1.54) is 5.56 Å². The van der Waals surface area contributed by atoms with Crippen molar-refractivity contribution in [1.29, 1.82) is 0 Å². The van der Waals surface area contributed by atoms with Gasteiger partial charge in [0.1, 0.15) is 5.60 Å². The molecule has 0 atom stereocenters. The minimum atomic E-state index is -0.454. The molecular formula is C19H26N4O2. The Labute approximate surface area is 148 Å². The SMILES string of the molecule is Cc1ccc(-n2cc(C3CCN(C(=O)OC(C)(C)C)CC3)nn2)cc1. The van der Waals surface area contributed by atoms with Gasteiger partial charge in [-0.05, 0) is 52.7 Å². The van der Waals surface area contributed by atoms with E-state index in [1.807, 2.05) is 43.8 Å². The first kappa shape index (κ1) is 17.5. The van der Waals surface area contributed by atoms with Gasteiger partial charge in [0.2, 0.25) is 0 Å². The Balaban J connectivity index is 1.60. The quantitative estimate of drug-likeness (QED) is 0.835. The molecule has 1 aromatic carbocycles. The summed E-state index contributed by atoms with van der Waals surface area (Å²) >= 11 is 0. The number of nitrogens with zero attached hydrogens (tertiary/aromatic N) is 4. The topological polar surface area (TPSA) is 60.2 Å². The molecule has 134 valence electrons. The Morgan fingerprint density at radius 3 is 2.40 bits per heavy atom. The van der Waals surface area contributed by atoms with E-state index < -0.39 is 5.60 Å². The van der Waals surface area contributed by atoms with Gasteiger partial charge in [-0.25, -0.2) is 9.48 Å². The van der Waals surface area contributed by atoms with Crippen LogP contribution in [0.3, 0.4) is 0 Å². The number of amides is 1. The number of carbonyl (C=O) groups is 1. The van der Waals surface area contributed by atoms with E-state index in [1.54, 1.807) is 4.90 Å². The van der Waals surface area contributed by atoms with Gasteiger partial charge in [0.05, 0.1) is 17.6 Å². The smallest absolute Gasteiger partial charge is 0.410 e. The molecule has 2 aromatic rings. The van der Waals surface area contributed by atoms with Gasteiger partial charge in [-0.15, -0.1) is 5.10 Å². The maximum Gasteiger partial charge on any atom is 0.410 e. The molecule has 0 spiro atoms. The van der Waals surface area contributed by atoms with E-state index in [9.17, 15) is 4.79 Å². The molecule has 6 nitrogen and oxygen atoms in total. The Hall–Kier alpha value is -2.37. The average Bonchev–Trinajstić information content (AvgIpc) is 3.04. The van der Waals surface area contributed by atoms with E-state index in [0.717, 1.165) is 24.2 Å². The number of aryl methyl sites for hydroxylation is 1. The van der Waals surface area contributed by atoms with Crippen LogP contribution in [0.25, 0.3) is 5.69 Å². The lowest BCUT2D eigenvalue weighted by Gasteiger charge is -2.32. The van der Waals surface area contributed by atoms with Gasteiger partial charge in [0, 0.05) is 19.0 Å². The van der Waals surface area contributed by atoms with E-state index >= 15 is 0 Å². The molecule has 6 heteroatoms. The number of hydrogen-bond donors (Lipinski definition) is 0. The summed E-state index contributed by atoms with van der Waals surface area (Å²) < 4.78 is 7.26. The van der Waals surface area contributed by atoms with Crippen LogP contribution < -0.4 is 0 Å². The first-order valence-electron chi connectivity index (χ1n) is 8.79. The molecule has 1 aliphatic rings. The fourth-order valence-electron chi connectivity index (χ4n) is 2.97. The molecule has 1 saturated heterocycles. The highest BCUT2D eigenvalue weighted by atomic mass is 16.6. The molecule has 0 saturated carbocycles. The normalized spacial score (nSPS) is 16.1. The van der Waals surface area contributed by atoms with Crippen LogP contribution in [0.2, 0.25) is 0 Å². The molecule has 3 rings (SSSR count). The molecule has 25 heavy (non-hydrogen) atoms. The van der Waals surface area contributed by atoms with Crippen LogP contribution in [0, 0.1) is 6.92 Å². The molecule has 1 aliphatic heterocycles. The van der Waals surface area contributed by atoms with Gasteiger partial charge in [0.25, 0.3) is 0 Å². The monoisotopic (exact) mass is 342 g/mol. The van der Waals surface area contributed by atoms with Gasteiger partial charge in [-0.2, -0.15) is 0 Å². The van der Waals surface area contributed by atoms with Crippen LogP contribution in [0.5, 0.6) is 0 Å². The van der Waals surface area contributed by atoms with Crippen molar-refractivity contribution in [3.8, 4) is 5.69 Å². The van der Waals surface area contributed by atoms with Crippen molar-refractivity contribution < 1.29 is 9.53 Å². The third-order valence-electron chi connectivity index (χ3n) is 4.37. The number of likely N-dealkylation sites (tertiary alicyclic amines) is 1. The summed E-state index contributed by atoms with van der Waals surface area (Å²) in [6.07, 6.45) is 3.53. The summed E-state index contributed by atoms with van der Waals surface area (Å²) in [6, 6.07) is 8.21. The van der Waals surface area contributed by atoms with Crippen LogP contribution in [0.15, 0.2) is 30.5 Å². The third-order valence-corrected chi connectivity index (χ3v) is 4.37. The average molecular weight is 342 g/mol. The zero-order chi connectivity index (χ0) is 18.0. The highest BCUT2D eigenvalue weighted by Gasteiger charge is 2.28. The molecule has 0 bridgehead atoms. The molecule has 1 amide bonds. The standard InChI is InChI=1S/C19H26N4O2/c1-14-5-7-16(8-6-14)23-13-17(20-21-23)15-9-11-22(12-10-15)18(24)25-19(2,3)4/h5-8,13,15H,9-12H2,1-4H3. The molecule has 0 aliphatic carbocycles. The number of hydrogen-bond acceptors (Lipinski definition) is 4. The van der Waals surface area contributed by atoms with Crippen molar-refractivity contribution in [2.45, 2.75) is 52.1 Å². The number of benzene rings is 1. The van der Waals surface area contributed by atoms with Crippen LogP contribution in [0.1, 0.15) is 50.8 Å². The second kappa shape index (κ2) is 6.86. The van der Waals surface area contributed by atoms with E-state index in [-0.39, 0.29) is 6.09 Å². The Kier molecular flexibility index (Phi) is 4.79. The molecule has 0 N–H and O–H groups in total. The van der Waals surface area contributed by atoms with Crippen molar-refractivity contribution in [2.75, 3.05) is 13.1 Å². The van der Waals surface area contributed by atoms with Crippen LogP contribution >= 0.6 is 0 Å². The van der Waals surface area contributed by atoms with Crippen LogP contribution in [-0.4, -0.2) is 44.7 Å². The minimum Gasteiger partial charge on any atom is -0.444 e. The zero-order valence-corrected chi connectivity index (χ0v) is 15.4. The van der Waals surface area contributed by atoms with Gasteiger partial charge in [-0.3, -0.25) is 0 Å². The summed E-state index contributed by atoms with van der Waals surface area (Å²) in [5.41, 5.74) is 2.77. The summed E-state index contributed by atoms with van der Waals surface area (Å²) in [7, 11) is 0. The highest BCUT2D eigenvalue weighted by molar-refractivity contribution is 5.68. The number of carbonyl (C=O) groups excluding carboxylic acids is 1. The van der Waals surface area contributed by atoms with E-state index in [2.05, 4.69) is 29.4 Å². The summed E-state index contributed by atoms with van der Waals surface area (Å²) in [4.78, 5) is 13.9. The lowest BCUT2D eigenvalue weighted by Crippen LogP contribution is -2.41. The number of piperidine rings is 1.